The molecule has 2 heteroatoms. The molecule has 13 heavy (non-hydrogen) atoms. The van der Waals surface area contributed by atoms with Gasteiger partial charge < -0.3 is 5.32 Å². The van der Waals surface area contributed by atoms with Gasteiger partial charge in [0.2, 0.25) is 0 Å². The van der Waals surface area contributed by atoms with Crippen LogP contribution in [0.5, 0.6) is 0 Å². The Balaban J connectivity index is 2.11. The predicted molar refractivity (Wildman–Crippen MR) is 51.0 cm³/mol. The quantitative estimate of drug-likeness (QED) is 0.698. The van der Waals surface area contributed by atoms with Crippen LogP contribution in [0, 0.1) is 5.82 Å². The number of hydrogen-bond donors (Lipinski definition) is 1. The first-order chi connectivity index (χ1) is 6.07. The number of rotatable bonds is 1. The van der Waals surface area contributed by atoms with Crippen molar-refractivity contribution in [3.63, 3.8) is 0 Å². The van der Waals surface area contributed by atoms with E-state index in [1.54, 1.807) is 12.1 Å². The number of hydrogen-bond acceptors (Lipinski definition) is 1. The molecule has 0 radical (unpaired) electrons. The van der Waals surface area contributed by atoms with Crippen molar-refractivity contribution in [1.29, 1.82) is 0 Å². The van der Waals surface area contributed by atoms with Gasteiger partial charge >= 0.3 is 0 Å². The van der Waals surface area contributed by atoms with E-state index in [1.165, 1.54) is 6.07 Å². The Morgan fingerprint density at radius 3 is 2.69 bits per heavy atom. The van der Waals surface area contributed by atoms with Crippen LogP contribution in [-0.4, -0.2) is 5.54 Å². The van der Waals surface area contributed by atoms with Gasteiger partial charge in [0.15, 0.2) is 0 Å². The molecule has 0 bridgehead atoms. The highest BCUT2D eigenvalue weighted by molar-refractivity contribution is 5.24. The monoisotopic (exact) mass is 179 g/mol. The first-order valence-corrected chi connectivity index (χ1v) is 4.60. The second kappa shape index (κ2) is 2.81. The van der Waals surface area contributed by atoms with Gasteiger partial charge in [-0.1, -0.05) is 12.1 Å². The standard InChI is InChI=1S/C11H14FN/c1-11(2)7-10(13-11)8-4-3-5-9(12)6-8/h3-6,10,13H,7H2,1-2H3/t10-/m1/s1. The third-order valence-electron chi connectivity index (χ3n) is 2.53. The molecule has 0 unspecified atom stereocenters. The number of benzene rings is 1. The lowest BCUT2D eigenvalue weighted by Crippen LogP contribution is -2.54. The molecule has 0 spiro atoms. The van der Waals surface area contributed by atoms with Crippen LogP contribution >= 0.6 is 0 Å². The van der Waals surface area contributed by atoms with Crippen LogP contribution in [0.3, 0.4) is 0 Å². The van der Waals surface area contributed by atoms with E-state index >= 15 is 0 Å². The summed E-state index contributed by atoms with van der Waals surface area (Å²) < 4.78 is 12.9. The fourth-order valence-electron chi connectivity index (χ4n) is 1.89. The van der Waals surface area contributed by atoms with Gasteiger partial charge in [-0.05, 0) is 38.0 Å². The van der Waals surface area contributed by atoms with E-state index in [0.29, 0.717) is 6.04 Å². The van der Waals surface area contributed by atoms with Crippen LogP contribution in [-0.2, 0) is 0 Å². The largest absolute Gasteiger partial charge is 0.305 e. The zero-order chi connectivity index (χ0) is 9.47. The van der Waals surface area contributed by atoms with Crippen LogP contribution in [0.15, 0.2) is 24.3 Å². The van der Waals surface area contributed by atoms with Gasteiger partial charge in [0.1, 0.15) is 5.82 Å². The van der Waals surface area contributed by atoms with E-state index in [4.69, 9.17) is 0 Å². The summed E-state index contributed by atoms with van der Waals surface area (Å²) in [6, 6.07) is 7.15. The van der Waals surface area contributed by atoms with E-state index in [9.17, 15) is 4.39 Å². The summed E-state index contributed by atoms with van der Waals surface area (Å²) in [5.74, 6) is -0.149. The number of halogens is 1. The molecule has 0 saturated carbocycles. The summed E-state index contributed by atoms with van der Waals surface area (Å²) >= 11 is 0. The lowest BCUT2D eigenvalue weighted by Gasteiger charge is -2.44. The highest BCUT2D eigenvalue weighted by Gasteiger charge is 2.35. The van der Waals surface area contributed by atoms with Crippen molar-refractivity contribution in [1.82, 2.24) is 5.32 Å². The first kappa shape index (κ1) is 8.70. The van der Waals surface area contributed by atoms with Crippen molar-refractivity contribution >= 4 is 0 Å². The lowest BCUT2D eigenvalue weighted by molar-refractivity contribution is 0.177. The molecule has 0 amide bonds. The molecule has 1 aliphatic rings. The smallest absolute Gasteiger partial charge is 0.123 e. The van der Waals surface area contributed by atoms with Gasteiger partial charge in [0.05, 0.1) is 0 Å². The Morgan fingerprint density at radius 1 is 1.46 bits per heavy atom. The van der Waals surface area contributed by atoms with E-state index in [-0.39, 0.29) is 11.4 Å². The minimum atomic E-state index is -0.149. The minimum Gasteiger partial charge on any atom is -0.305 e. The lowest BCUT2D eigenvalue weighted by atomic mass is 9.81. The zero-order valence-electron chi connectivity index (χ0n) is 7.97. The average molecular weight is 179 g/mol. The van der Waals surface area contributed by atoms with Crippen molar-refractivity contribution in [3.05, 3.63) is 35.6 Å². The third kappa shape index (κ3) is 1.73. The van der Waals surface area contributed by atoms with Crippen LogP contribution in [0.25, 0.3) is 0 Å². The topological polar surface area (TPSA) is 12.0 Å². The Morgan fingerprint density at radius 2 is 2.15 bits per heavy atom. The Hall–Kier alpha value is -0.890. The molecular formula is C11H14FN. The van der Waals surface area contributed by atoms with Crippen molar-refractivity contribution in [2.24, 2.45) is 0 Å². The Labute approximate surface area is 78.0 Å². The second-order valence-electron chi connectivity index (χ2n) is 4.34. The SMILES string of the molecule is CC1(C)C[C@H](c2cccc(F)c2)N1. The highest BCUT2D eigenvalue weighted by atomic mass is 19.1. The molecule has 1 aliphatic heterocycles. The van der Waals surface area contributed by atoms with Crippen LogP contribution in [0.2, 0.25) is 0 Å². The molecule has 1 N–H and O–H groups in total. The van der Waals surface area contributed by atoms with Gasteiger partial charge in [-0.3, -0.25) is 0 Å². The van der Waals surface area contributed by atoms with Crippen molar-refractivity contribution in [2.45, 2.75) is 31.8 Å². The van der Waals surface area contributed by atoms with Gasteiger partial charge in [-0.15, -0.1) is 0 Å². The molecule has 0 aliphatic carbocycles. The van der Waals surface area contributed by atoms with E-state index in [1.807, 2.05) is 6.07 Å². The molecule has 70 valence electrons. The Kier molecular flexibility index (Phi) is 1.88. The van der Waals surface area contributed by atoms with Crippen molar-refractivity contribution in [3.8, 4) is 0 Å². The van der Waals surface area contributed by atoms with Crippen LogP contribution in [0.1, 0.15) is 31.9 Å². The number of nitrogens with one attached hydrogen (secondary N) is 1. The van der Waals surface area contributed by atoms with Gasteiger partial charge in [0, 0.05) is 11.6 Å². The van der Waals surface area contributed by atoms with E-state index < -0.39 is 0 Å². The molecule has 1 fully saturated rings. The second-order valence-corrected chi connectivity index (χ2v) is 4.34. The van der Waals surface area contributed by atoms with Crippen LogP contribution in [0.4, 0.5) is 4.39 Å². The van der Waals surface area contributed by atoms with Crippen molar-refractivity contribution < 1.29 is 4.39 Å². The van der Waals surface area contributed by atoms with Gasteiger partial charge in [-0.2, -0.15) is 0 Å². The molecule has 1 saturated heterocycles. The van der Waals surface area contributed by atoms with Gasteiger partial charge in [-0.25, -0.2) is 4.39 Å². The summed E-state index contributed by atoms with van der Waals surface area (Å²) in [6.45, 7) is 4.31. The molecule has 2 rings (SSSR count). The van der Waals surface area contributed by atoms with Gasteiger partial charge in [0.25, 0.3) is 0 Å². The third-order valence-corrected chi connectivity index (χ3v) is 2.53. The molecule has 1 nitrogen and oxygen atoms in total. The highest BCUT2D eigenvalue weighted by Crippen LogP contribution is 2.34. The summed E-state index contributed by atoms with van der Waals surface area (Å²) in [7, 11) is 0. The molecule has 1 aromatic carbocycles. The fraction of sp³-hybridized carbons (Fsp3) is 0.455. The predicted octanol–water partition coefficient (Wildman–Crippen LogP) is 2.64. The maximum absolute atomic E-state index is 12.9. The van der Waals surface area contributed by atoms with Crippen LogP contribution < -0.4 is 5.32 Å². The first-order valence-electron chi connectivity index (χ1n) is 4.60. The normalized spacial score (nSPS) is 25.3. The summed E-state index contributed by atoms with van der Waals surface area (Å²) in [6.07, 6.45) is 1.08. The van der Waals surface area contributed by atoms with E-state index in [2.05, 4.69) is 19.2 Å². The molecule has 1 heterocycles. The molecular weight excluding hydrogens is 165 g/mol. The maximum Gasteiger partial charge on any atom is 0.123 e. The summed E-state index contributed by atoms with van der Waals surface area (Å²) in [5, 5.41) is 3.40. The average Bonchev–Trinajstić information content (AvgIpc) is 2.00. The summed E-state index contributed by atoms with van der Waals surface area (Å²) in [4.78, 5) is 0. The molecule has 0 aromatic heterocycles. The maximum atomic E-state index is 12.9. The molecule has 1 aromatic rings. The Bertz CT molecular complexity index is 312. The van der Waals surface area contributed by atoms with E-state index in [0.717, 1.165) is 12.0 Å². The zero-order valence-corrected chi connectivity index (χ0v) is 7.97. The van der Waals surface area contributed by atoms with Crippen molar-refractivity contribution in [2.75, 3.05) is 0 Å². The summed E-state index contributed by atoms with van der Waals surface area (Å²) in [5.41, 5.74) is 1.27. The molecule has 1 atom stereocenters. The fourth-order valence-corrected chi connectivity index (χ4v) is 1.89. The minimum absolute atomic E-state index is 0.149.